The van der Waals surface area contributed by atoms with Crippen molar-refractivity contribution < 1.29 is 32.3 Å². The summed E-state index contributed by atoms with van der Waals surface area (Å²) >= 11 is 0. The van der Waals surface area contributed by atoms with Crippen LogP contribution in [-0.2, 0) is 19.5 Å². The lowest BCUT2D eigenvalue weighted by atomic mass is 10.1. The Bertz CT molecular complexity index is 1050. The zero-order valence-electron chi connectivity index (χ0n) is 17.2. The third-order valence-corrected chi connectivity index (χ3v) is 5.83. The number of rotatable bonds is 9. The van der Waals surface area contributed by atoms with Gasteiger partial charge in [-0.3, -0.25) is 4.79 Å². The maximum Gasteiger partial charge on any atom is 0.355 e. The lowest BCUT2D eigenvalue weighted by molar-refractivity contribution is 0.0473. The minimum atomic E-state index is -3.63. The quantitative estimate of drug-likeness (QED) is 0.455. The number of Topliss-reactive ketones (excluding diaryl/α,β-unsaturated/α-hetero) is 1. The average molecular weight is 436 g/mol. The molecule has 1 aromatic carbocycles. The Balaban J connectivity index is 2.08. The van der Waals surface area contributed by atoms with Crippen molar-refractivity contribution in [1.29, 1.82) is 0 Å². The van der Waals surface area contributed by atoms with Crippen molar-refractivity contribution in [2.45, 2.75) is 32.6 Å². The van der Waals surface area contributed by atoms with Crippen LogP contribution in [0.15, 0.2) is 29.2 Å². The number of nitrogens with one attached hydrogen (secondary N) is 2. The van der Waals surface area contributed by atoms with Crippen LogP contribution < -0.4 is 4.72 Å². The van der Waals surface area contributed by atoms with Gasteiger partial charge < -0.3 is 14.5 Å². The first-order valence-electron chi connectivity index (χ1n) is 9.28. The van der Waals surface area contributed by atoms with E-state index in [-0.39, 0.29) is 34.9 Å². The van der Waals surface area contributed by atoms with Crippen LogP contribution in [0.2, 0.25) is 0 Å². The number of carbonyl (C=O) groups excluding carboxylic acids is 3. The highest BCUT2D eigenvalue weighted by Crippen LogP contribution is 2.20. The molecule has 0 bridgehead atoms. The fourth-order valence-corrected chi connectivity index (χ4v) is 3.95. The molecule has 0 aliphatic heterocycles. The molecule has 0 saturated carbocycles. The van der Waals surface area contributed by atoms with E-state index in [0.717, 1.165) is 0 Å². The fourth-order valence-electron chi connectivity index (χ4n) is 2.91. The molecule has 0 radical (unpaired) electrons. The molecule has 0 fully saturated rings. The minimum absolute atomic E-state index is 0.0158. The van der Waals surface area contributed by atoms with E-state index in [9.17, 15) is 22.8 Å². The second kappa shape index (κ2) is 9.68. The van der Waals surface area contributed by atoms with Gasteiger partial charge in [-0.15, -0.1) is 0 Å². The third-order valence-electron chi connectivity index (χ3n) is 4.26. The maximum absolute atomic E-state index is 12.5. The highest BCUT2D eigenvalue weighted by Gasteiger charge is 2.23. The van der Waals surface area contributed by atoms with Crippen LogP contribution in [0.3, 0.4) is 0 Å². The molecule has 0 amide bonds. The molecule has 0 aliphatic carbocycles. The molecule has 0 unspecified atom stereocenters. The van der Waals surface area contributed by atoms with Crippen LogP contribution in [-0.4, -0.2) is 50.9 Å². The number of aryl methyl sites for hydroxylation is 1. The number of hydrogen-bond donors (Lipinski definition) is 2. The number of sulfonamides is 1. The number of H-pyrrole nitrogens is 1. The summed E-state index contributed by atoms with van der Waals surface area (Å²) in [6.45, 7) is 6.48. The second-order valence-electron chi connectivity index (χ2n) is 6.37. The lowest BCUT2D eigenvalue weighted by Crippen LogP contribution is -2.23. The number of ketones is 1. The zero-order valence-corrected chi connectivity index (χ0v) is 18.0. The number of hydrogen-bond acceptors (Lipinski definition) is 7. The molecular weight excluding hydrogens is 412 g/mol. The summed E-state index contributed by atoms with van der Waals surface area (Å²) < 4.78 is 36.2. The molecule has 10 heteroatoms. The zero-order chi connectivity index (χ0) is 22.5. The van der Waals surface area contributed by atoms with Gasteiger partial charge in [0.05, 0.1) is 17.1 Å². The van der Waals surface area contributed by atoms with E-state index in [1.165, 1.54) is 24.3 Å². The van der Waals surface area contributed by atoms with Crippen molar-refractivity contribution >= 4 is 27.7 Å². The van der Waals surface area contributed by atoms with Gasteiger partial charge in [0, 0.05) is 17.8 Å². The van der Waals surface area contributed by atoms with E-state index in [2.05, 4.69) is 9.71 Å². The summed E-state index contributed by atoms with van der Waals surface area (Å²) in [7, 11) is -3.63. The molecular formula is C20H24N2O7S. The van der Waals surface area contributed by atoms with Gasteiger partial charge in [-0.1, -0.05) is 6.92 Å². The smallest absolute Gasteiger partial charge is 0.355 e. The summed E-state index contributed by atoms with van der Waals surface area (Å²) in [6, 6.07) is 5.18. The molecule has 2 aromatic rings. The minimum Gasteiger partial charge on any atom is -0.461 e. The average Bonchev–Trinajstić information content (AvgIpc) is 3.00. The Morgan fingerprint density at radius 1 is 1.00 bits per heavy atom. The third kappa shape index (κ3) is 5.14. The van der Waals surface area contributed by atoms with Gasteiger partial charge in [0.15, 0.2) is 6.61 Å². The molecule has 1 heterocycles. The van der Waals surface area contributed by atoms with Gasteiger partial charge in [-0.05, 0) is 50.6 Å². The summed E-state index contributed by atoms with van der Waals surface area (Å²) in [6.07, 6.45) is 0. The van der Waals surface area contributed by atoms with Crippen LogP contribution in [0.4, 0.5) is 0 Å². The Hall–Kier alpha value is -2.98. The highest BCUT2D eigenvalue weighted by atomic mass is 32.2. The Kier molecular flexibility index (Phi) is 7.52. The van der Waals surface area contributed by atoms with Crippen LogP contribution in [0.5, 0.6) is 0 Å². The number of aromatic nitrogens is 1. The molecule has 9 nitrogen and oxygen atoms in total. The van der Waals surface area contributed by atoms with Crippen molar-refractivity contribution in [3.63, 3.8) is 0 Å². The highest BCUT2D eigenvalue weighted by molar-refractivity contribution is 7.89. The van der Waals surface area contributed by atoms with Crippen LogP contribution in [0.1, 0.15) is 56.3 Å². The predicted octanol–water partition coefficient (Wildman–Crippen LogP) is 2.15. The van der Waals surface area contributed by atoms with Gasteiger partial charge in [0.2, 0.25) is 15.8 Å². The SMILES string of the molecule is CCNS(=O)(=O)c1ccc(C(=O)OCC(=O)c2c(C)[nH]c(C(=O)OCC)c2C)cc1. The molecule has 2 rings (SSSR count). The molecule has 0 saturated heterocycles. The van der Waals surface area contributed by atoms with Crippen LogP contribution >= 0.6 is 0 Å². The van der Waals surface area contributed by atoms with Gasteiger partial charge >= 0.3 is 11.9 Å². The van der Waals surface area contributed by atoms with Crippen molar-refractivity contribution in [3.8, 4) is 0 Å². The Labute approximate surface area is 174 Å². The number of carbonyl (C=O) groups is 3. The summed E-state index contributed by atoms with van der Waals surface area (Å²) in [5.74, 6) is -1.81. The molecule has 30 heavy (non-hydrogen) atoms. The van der Waals surface area contributed by atoms with Crippen LogP contribution in [0, 0.1) is 13.8 Å². The second-order valence-corrected chi connectivity index (χ2v) is 8.14. The Morgan fingerprint density at radius 2 is 1.63 bits per heavy atom. The van der Waals surface area contributed by atoms with Crippen molar-refractivity contribution in [3.05, 3.63) is 52.3 Å². The summed E-state index contributed by atoms with van der Waals surface area (Å²) in [4.78, 5) is 39.5. The topological polar surface area (TPSA) is 132 Å². The normalized spacial score (nSPS) is 11.2. The van der Waals surface area contributed by atoms with Gasteiger partial charge in [-0.25, -0.2) is 22.7 Å². The summed E-state index contributed by atoms with van der Waals surface area (Å²) in [5, 5.41) is 0. The van der Waals surface area contributed by atoms with E-state index in [4.69, 9.17) is 9.47 Å². The molecule has 2 N–H and O–H groups in total. The lowest BCUT2D eigenvalue weighted by Gasteiger charge is -2.07. The summed E-state index contributed by atoms with van der Waals surface area (Å²) in [5.41, 5.74) is 1.44. The van der Waals surface area contributed by atoms with E-state index < -0.39 is 34.4 Å². The van der Waals surface area contributed by atoms with Crippen molar-refractivity contribution in [2.24, 2.45) is 0 Å². The van der Waals surface area contributed by atoms with Gasteiger partial charge in [-0.2, -0.15) is 0 Å². The maximum atomic E-state index is 12.5. The standard InChI is InChI=1S/C20H24N2O7S/c1-5-21-30(26,27)15-9-7-14(8-10-15)19(24)29-11-16(23)17-12(3)18(22-13(17)4)20(25)28-6-2/h7-10,21-22H,5-6,11H2,1-4H3. The molecule has 0 aliphatic rings. The predicted molar refractivity (Wildman–Crippen MR) is 108 cm³/mol. The van der Waals surface area contributed by atoms with Gasteiger partial charge in [0.1, 0.15) is 5.69 Å². The first kappa shape index (κ1) is 23.3. The van der Waals surface area contributed by atoms with E-state index in [1.807, 2.05) is 0 Å². The van der Waals surface area contributed by atoms with Crippen molar-refractivity contribution in [1.82, 2.24) is 9.71 Å². The van der Waals surface area contributed by atoms with E-state index in [1.54, 1.807) is 27.7 Å². The van der Waals surface area contributed by atoms with Crippen molar-refractivity contribution in [2.75, 3.05) is 19.8 Å². The number of ether oxygens (including phenoxy) is 2. The number of benzene rings is 1. The number of aromatic amines is 1. The Morgan fingerprint density at radius 3 is 2.20 bits per heavy atom. The van der Waals surface area contributed by atoms with E-state index >= 15 is 0 Å². The molecule has 162 valence electrons. The monoisotopic (exact) mass is 436 g/mol. The first-order valence-corrected chi connectivity index (χ1v) is 10.8. The first-order chi connectivity index (χ1) is 14.1. The molecule has 0 atom stereocenters. The van der Waals surface area contributed by atoms with E-state index in [0.29, 0.717) is 11.3 Å². The number of esters is 2. The molecule has 1 aromatic heterocycles. The molecule has 0 spiro atoms. The largest absolute Gasteiger partial charge is 0.461 e. The van der Waals surface area contributed by atoms with Crippen LogP contribution in [0.25, 0.3) is 0 Å². The fraction of sp³-hybridized carbons (Fsp3) is 0.350. The van der Waals surface area contributed by atoms with Gasteiger partial charge in [0.25, 0.3) is 0 Å².